The van der Waals surface area contributed by atoms with Crippen LogP contribution in [0.15, 0.2) is 18.2 Å². The fourth-order valence-corrected chi connectivity index (χ4v) is 1.30. The minimum absolute atomic E-state index is 0.241. The van der Waals surface area contributed by atoms with Crippen molar-refractivity contribution in [2.45, 2.75) is 25.6 Å². The van der Waals surface area contributed by atoms with Gasteiger partial charge in [0.25, 0.3) is 0 Å². The van der Waals surface area contributed by atoms with Crippen LogP contribution in [0.5, 0.6) is 0 Å². The Hall–Kier alpha value is -1.10. The summed E-state index contributed by atoms with van der Waals surface area (Å²) in [6.07, 6.45) is -4.51. The summed E-state index contributed by atoms with van der Waals surface area (Å²) in [7, 11) is 0. The summed E-state index contributed by atoms with van der Waals surface area (Å²) in [5, 5.41) is 0. The smallest absolute Gasteiger partial charge is 0.322 e. The second-order valence-corrected chi connectivity index (χ2v) is 3.91. The molecule has 0 aliphatic rings. The van der Waals surface area contributed by atoms with Crippen LogP contribution in [0.3, 0.4) is 0 Å². The van der Waals surface area contributed by atoms with Gasteiger partial charge in [-0.15, -0.1) is 0 Å². The number of hydrogen-bond donors (Lipinski definition) is 1. The first-order valence-corrected chi connectivity index (χ1v) is 4.28. The number of hydrogen-bond acceptors (Lipinski definition) is 1. The molecule has 0 aromatic heterocycles. The lowest BCUT2D eigenvalue weighted by Gasteiger charge is -2.24. The van der Waals surface area contributed by atoms with Gasteiger partial charge in [0.05, 0.1) is 5.56 Å². The normalized spacial score (nSPS) is 13.0. The fraction of sp³-hybridized carbons (Fsp3) is 0.400. The Kier molecular flexibility index (Phi) is 2.78. The van der Waals surface area contributed by atoms with E-state index in [1.54, 1.807) is 0 Å². The van der Waals surface area contributed by atoms with E-state index >= 15 is 0 Å². The predicted octanol–water partition coefficient (Wildman–Crippen LogP) is 3.04. The highest BCUT2D eigenvalue weighted by molar-refractivity contribution is 5.35. The van der Waals surface area contributed by atoms with Crippen LogP contribution in [0.4, 0.5) is 17.6 Å². The van der Waals surface area contributed by atoms with Crippen LogP contribution in [0, 0.1) is 5.82 Å². The SMILES string of the molecule is CC(C)(N)c1cc(F)ccc1C(F)(F)F. The van der Waals surface area contributed by atoms with Crippen molar-refractivity contribution in [3.8, 4) is 0 Å². The van der Waals surface area contributed by atoms with Crippen molar-refractivity contribution in [2.24, 2.45) is 5.73 Å². The molecule has 0 aliphatic heterocycles. The van der Waals surface area contributed by atoms with Crippen molar-refractivity contribution in [2.75, 3.05) is 0 Å². The van der Waals surface area contributed by atoms with Crippen LogP contribution in [0.2, 0.25) is 0 Å². The maximum absolute atomic E-state index is 12.8. The Morgan fingerprint density at radius 2 is 1.60 bits per heavy atom. The highest BCUT2D eigenvalue weighted by Gasteiger charge is 2.36. The van der Waals surface area contributed by atoms with E-state index in [1.165, 1.54) is 13.8 Å². The van der Waals surface area contributed by atoms with E-state index in [9.17, 15) is 17.6 Å². The number of benzene rings is 1. The van der Waals surface area contributed by atoms with E-state index in [-0.39, 0.29) is 5.56 Å². The predicted molar refractivity (Wildman–Crippen MR) is 48.6 cm³/mol. The van der Waals surface area contributed by atoms with Crippen molar-refractivity contribution < 1.29 is 17.6 Å². The second kappa shape index (κ2) is 3.48. The third-order valence-corrected chi connectivity index (χ3v) is 1.98. The number of nitrogens with two attached hydrogens (primary N) is 1. The van der Waals surface area contributed by atoms with Crippen molar-refractivity contribution >= 4 is 0 Å². The van der Waals surface area contributed by atoms with Crippen LogP contribution >= 0.6 is 0 Å². The van der Waals surface area contributed by atoms with Gasteiger partial charge < -0.3 is 5.73 Å². The maximum atomic E-state index is 12.8. The third-order valence-electron chi connectivity index (χ3n) is 1.98. The summed E-state index contributed by atoms with van der Waals surface area (Å²) >= 11 is 0. The molecule has 2 N–H and O–H groups in total. The molecular weight excluding hydrogens is 210 g/mol. The summed E-state index contributed by atoms with van der Waals surface area (Å²) < 4.78 is 50.4. The van der Waals surface area contributed by atoms with Crippen LogP contribution in [-0.2, 0) is 11.7 Å². The van der Waals surface area contributed by atoms with Gasteiger partial charge in [-0.3, -0.25) is 0 Å². The molecule has 0 amide bonds. The molecule has 0 heterocycles. The zero-order chi connectivity index (χ0) is 11.9. The third kappa shape index (κ3) is 2.68. The van der Waals surface area contributed by atoms with Crippen LogP contribution in [-0.4, -0.2) is 0 Å². The largest absolute Gasteiger partial charge is 0.416 e. The monoisotopic (exact) mass is 221 g/mol. The lowest BCUT2D eigenvalue weighted by molar-refractivity contribution is -0.138. The molecule has 0 radical (unpaired) electrons. The zero-order valence-electron chi connectivity index (χ0n) is 8.32. The topological polar surface area (TPSA) is 26.0 Å². The Morgan fingerprint density at radius 1 is 1.07 bits per heavy atom. The average Bonchev–Trinajstić information content (AvgIpc) is 2.00. The summed E-state index contributed by atoms with van der Waals surface area (Å²) in [5.41, 5.74) is 3.19. The zero-order valence-corrected chi connectivity index (χ0v) is 8.32. The molecule has 84 valence electrons. The van der Waals surface area contributed by atoms with Crippen LogP contribution < -0.4 is 5.73 Å². The molecule has 1 aromatic rings. The minimum atomic E-state index is -4.51. The van der Waals surface area contributed by atoms with Gasteiger partial charge in [-0.25, -0.2) is 4.39 Å². The van der Waals surface area contributed by atoms with Gasteiger partial charge in [-0.05, 0) is 37.6 Å². The summed E-state index contributed by atoms with van der Waals surface area (Å²) in [6.45, 7) is 2.80. The van der Waals surface area contributed by atoms with Crippen molar-refractivity contribution in [1.82, 2.24) is 0 Å². The quantitative estimate of drug-likeness (QED) is 0.725. The van der Waals surface area contributed by atoms with Gasteiger partial charge in [0.15, 0.2) is 0 Å². The Labute approximate surface area is 84.9 Å². The first-order chi connectivity index (χ1) is 6.62. The molecule has 0 fully saturated rings. The first kappa shape index (κ1) is 12.0. The number of rotatable bonds is 1. The van der Waals surface area contributed by atoms with E-state index in [1.807, 2.05) is 0 Å². The molecule has 0 saturated heterocycles. The lowest BCUT2D eigenvalue weighted by atomic mass is 9.90. The summed E-state index contributed by atoms with van der Waals surface area (Å²) in [6, 6.07) is 2.31. The summed E-state index contributed by atoms with van der Waals surface area (Å²) in [4.78, 5) is 0. The van der Waals surface area contributed by atoms with Gasteiger partial charge in [-0.1, -0.05) is 0 Å². The highest BCUT2D eigenvalue weighted by Crippen LogP contribution is 2.35. The van der Waals surface area contributed by atoms with Crippen LogP contribution in [0.1, 0.15) is 25.0 Å². The first-order valence-electron chi connectivity index (χ1n) is 4.28. The van der Waals surface area contributed by atoms with Gasteiger partial charge in [-0.2, -0.15) is 13.2 Å². The molecule has 0 spiro atoms. The fourth-order valence-electron chi connectivity index (χ4n) is 1.30. The van der Waals surface area contributed by atoms with E-state index in [2.05, 4.69) is 0 Å². The molecule has 5 heteroatoms. The Morgan fingerprint density at radius 3 is 2.00 bits per heavy atom. The molecular formula is C10H11F4N. The maximum Gasteiger partial charge on any atom is 0.416 e. The molecule has 15 heavy (non-hydrogen) atoms. The van der Waals surface area contributed by atoms with E-state index in [0.717, 1.165) is 12.1 Å². The van der Waals surface area contributed by atoms with Gasteiger partial charge in [0.1, 0.15) is 5.82 Å². The molecule has 0 saturated carbocycles. The van der Waals surface area contributed by atoms with Gasteiger partial charge in [0, 0.05) is 5.54 Å². The van der Waals surface area contributed by atoms with Crippen molar-refractivity contribution in [3.05, 3.63) is 35.1 Å². The molecule has 0 unspecified atom stereocenters. The average molecular weight is 221 g/mol. The van der Waals surface area contributed by atoms with Gasteiger partial charge in [0.2, 0.25) is 0 Å². The van der Waals surface area contributed by atoms with Crippen molar-refractivity contribution in [3.63, 3.8) is 0 Å². The minimum Gasteiger partial charge on any atom is -0.322 e. The van der Waals surface area contributed by atoms with Crippen LogP contribution in [0.25, 0.3) is 0 Å². The summed E-state index contributed by atoms with van der Waals surface area (Å²) in [5.74, 6) is -0.725. The molecule has 0 aliphatic carbocycles. The Balaban J connectivity index is 3.41. The van der Waals surface area contributed by atoms with E-state index in [4.69, 9.17) is 5.73 Å². The van der Waals surface area contributed by atoms with Gasteiger partial charge >= 0.3 is 6.18 Å². The highest BCUT2D eigenvalue weighted by atomic mass is 19.4. The number of alkyl halides is 3. The molecule has 1 rings (SSSR count). The number of halogens is 4. The lowest BCUT2D eigenvalue weighted by Crippen LogP contribution is -2.31. The van der Waals surface area contributed by atoms with Crippen molar-refractivity contribution in [1.29, 1.82) is 0 Å². The molecule has 0 atom stereocenters. The van der Waals surface area contributed by atoms with E-state index in [0.29, 0.717) is 6.07 Å². The molecule has 1 nitrogen and oxygen atoms in total. The standard InChI is InChI=1S/C10H11F4N/c1-9(2,15)8-5-6(11)3-4-7(8)10(12,13)14/h3-5H,15H2,1-2H3. The molecule has 0 bridgehead atoms. The second-order valence-electron chi connectivity index (χ2n) is 3.91. The van der Waals surface area contributed by atoms with E-state index < -0.39 is 23.1 Å². The Bertz CT molecular complexity index is 363. The molecule has 1 aromatic carbocycles.